The van der Waals surface area contributed by atoms with Crippen molar-refractivity contribution in [3.05, 3.63) is 0 Å². The summed E-state index contributed by atoms with van der Waals surface area (Å²) < 4.78 is 5.52. The van der Waals surface area contributed by atoms with E-state index in [1.807, 2.05) is 0 Å². The SMILES string of the molecule is CCCCCCCCCCCCCCCCCCCCCCCCCCCC(O)C(CO)NC(=O)CCCCCCCCCCCCCCCCCCCCCCCCCCCCCCCCCCCCCOC(=O)CCCCCCCCCCCCCCCCCCC. The molecule has 0 spiro atoms. The van der Waals surface area contributed by atoms with Gasteiger partial charge in [0.2, 0.25) is 5.91 Å². The Hall–Kier alpha value is -1.14. The quantitative estimate of drug-likeness (QED) is 0.0417. The number of aliphatic hydroxyl groups excluding tert-OH is 2. The van der Waals surface area contributed by atoms with Crippen LogP contribution in [0.3, 0.4) is 0 Å². The molecule has 0 aromatic rings. The molecule has 0 saturated carbocycles. The number of esters is 1. The molecule has 0 aliphatic heterocycles. The smallest absolute Gasteiger partial charge is 0.305 e. The van der Waals surface area contributed by atoms with Gasteiger partial charge in [0.15, 0.2) is 0 Å². The molecule has 0 radical (unpaired) electrons. The molecule has 0 heterocycles. The minimum Gasteiger partial charge on any atom is -0.466 e. The predicted molar refractivity (Wildman–Crippen MR) is 417 cm³/mol. The summed E-state index contributed by atoms with van der Waals surface area (Å²) in [6.07, 6.45) is 107. The normalized spacial score (nSPS) is 12.3. The molecule has 2 unspecified atom stereocenters. The molecule has 3 N–H and O–H groups in total. The van der Waals surface area contributed by atoms with Crippen LogP contribution in [0.4, 0.5) is 0 Å². The van der Waals surface area contributed by atoms with Gasteiger partial charge < -0.3 is 20.3 Å². The minimum atomic E-state index is -0.661. The zero-order chi connectivity index (χ0) is 67.7. The lowest BCUT2D eigenvalue weighted by molar-refractivity contribution is -0.143. The number of ether oxygens (including phenoxy) is 1. The van der Waals surface area contributed by atoms with Crippen molar-refractivity contribution in [3.63, 3.8) is 0 Å². The maximum Gasteiger partial charge on any atom is 0.305 e. The van der Waals surface area contributed by atoms with Crippen LogP contribution < -0.4 is 5.32 Å². The number of hydrogen-bond acceptors (Lipinski definition) is 5. The topological polar surface area (TPSA) is 95.9 Å². The van der Waals surface area contributed by atoms with Crippen LogP contribution in [-0.2, 0) is 14.3 Å². The lowest BCUT2D eigenvalue weighted by Crippen LogP contribution is -2.45. The highest BCUT2D eigenvalue weighted by atomic mass is 16.5. The van der Waals surface area contributed by atoms with E-state index >= 15 is 0 Å². The van der Waals surface area contributed by atoms with Crippen LogP contribution in [0.2, 0.25) is 0 Å². The first-order valence-electron chi connectivity index (χ1n) is 44.3. The number of carbonyl (C=O) groups is 2. The minimum absolute atomic E-state index is 0.0224. The van der Waals surface area contributed by atoms with Crippen molar-refractivity contribution < 1.29 is 24.5 Å². The Morgan fingerprint density at radius 3 is 0.649 bits per heavy atom. The van der Waals surface area contributed by atoms with Gasteiger partial charge in [-0.3, -0.25) is 9.59 Å². The van der Waals surface area contributed by atoms with E-state index in [0.717, 1.165) is 38.5 Å². The number of hydrogen-bond donors (Lipinski definition) is 3. The van der Waals surface area contributed by atoms with Gasteiger partial charge in [-0.2, -0.15) is 0 Å². The van der Waals surface area contributed by atoms with E-state index in [4.69, 9.17) is 4.74 Å². The third-order valence-electron chi connectivity index (χ3n) is 21.4. The molecule has 94 heavy (non-hydrogen) atoms. The predicted octanol–water partition coefficient (Wildman–Crippen LogP) is 29.6. The second kappa shape index (κ2) is 84.3. The second-order valence-corrected chi connectivity index (χ2v) is 30.9. The Balaban J connectivity index is 3.30. The van der Waals surface area contributed by atoms with Crippen LogP contribution in [-0.4, -0.2) is 47.4 Å². The van der Waals surface area contributed by atoms with Gasteiger partial charge in [-0.25, -0.2) is 0 Å². The van der Waals surface area contributed by atoms with Gasteiger partial charge in [-0.1, -0.05) is 489 Å². The van der Waals surface area contributed by atoms with E-state index in [1.165, 1.54) is 456 Å². The highest BCUT2D eigenvalue weighted by Gasteiger charge is 2.20. The number of nitrogens with one attached hydrogen (secondary N) is 1. The van der Waals surface area contributed by atoms with E-state index in [9.17, 15) is 19.8 Å². The second-order valence-electron chi connectivity index (χ2n) is 30.9. The summed E-state index contributed by atoms with van der Waals surface area (Å²) in [7, 11) is 0. The molecule has 0 aromatic heterocycles. The summed E-state index contributed by atoms with van der Waals surface area (Å²) in [4.78, 5) is 24.7. The van der Waals surface area contributed by atoms with Gasteiger partial charge in [-0.15, -0.1) is 0 Å². The third kappa shape index (κ3) is 79.8. The number of carbonyl (C=O) groups excluding carboxylic acids is 2. The molecule has 6 heteroatoms. The molecule has 6 nitrogen and oxygen atoms in total. The zero-order valence-electron chi connectivity index (χ0n) is 64.8. The van der Waals surface area contributed by atoms with Crippen LogP contribution in [0.5, 0.6) is 0 Å². The first kappa shape index (κ1) is 92.9. The largest absolute Gasteiger partial charge is 0.466 e. The molecular weight excluding hydrogens is 1150 g/mol. The standard InChI is InChI=1S/C88H175NO5/c1-3-5-7-9-11-13-15-17-19-21-22-23-24-36-39-42-45-49-52-56-60-64-68-72-76-80-86(91)85(84-90)89-87(92)81-77-73-69-65-61-57-53-50-46-43-40-37-34-32-30-28-26-25-27-29-31-33-35-38-41-44-47-51-55-59-63-67-71-75-79-83-94-88(93)82-78-74-70-66-62-58-54-48-20-18-16-14-12-10-8-6-4-2/h85-86,90-91H,3-84H2,1-2H3,(H,89,92). The maximum absolute atomic E-state index is 12.6. The summed E-state index contributed by atoms with van der Waals surface area (Å²) >= 11 is 0. The first-order valence-corrected chi connectivity index (χ1v) is 44.3. The summed E-state index contributed by atoms with van der Waals surface area (Å²) in [6.45, 7) is 5.03. The molecule has 0 aromatic carbocycles. The summed E-state index contributed by atoms with van der Waals surface area (Å²) in [5, 5.41) is 23.5. The Kier molecular flexibility index (Phi) is 83.3. The van der Waals surface area contributed by atoms with Gasteiger partial charge in [0.25, 0.3) is 0 Å². The number of amides is 1. The third-order valence-corrected chi connectivity index (χ3v) is 21.4. The Morgan fingerprint density at radius 2 is 0.436 bits per heavy atom. The Morgan fingerprint density at radius 1 is 0.255 bits per heavy atom. The number of unbranched alkanes of at least 4 members (excludes halogenated alkanes) is 74. The Labute approximate surface area is 591 Å². The van der Waals surface area contributed by atoms with Gasteiger partial charge in [0, 0.05) is 12.8 Å². The van der Waals surface area contributed by atoms with E-state index in [1.54, 1.807) is 0 Å². The van der Waals surface area contributed by atoms with Gasteiger partial charge in [0.05, 0.1) is 25.4 Å². The molecule has 0 bridgehead atoms. The van der Waals surface area contributed by atoms with Crippen LogP contribution in [0.1, 0.15) is 528 Å². The molecular formula is C88H175NO5. The van der Waals surface area contributed by atoms with Crippen molar-refractivity contribution in [1.82, 2.24) is 5.32 Å². The molecule has 0 fully saturated rings. The molecule has 0 aliphatic carbocycles. The fourth-order valence-electron chi connectivity index (χ4n) is 14.7. The fraction of sp³-hybridized carbons (Fsp3) is 0.977. The molecule has 1 amide bonds. The van der Waals surface area contributed by atoms with Crippen LogP contribution in [0.15, 0.2) is 0 Å². The first-order chi connectivity index (χ1) is 46.5. The lowest BCUT2D eigenvalue weighted by Gasteiger charge is -2.22. The highest BCUT2D eigenvalue weighted by molar-refractivity contribution is 5.76. The number of aliphatic hydroxyl groups is 2. The molecule has 562 valence electrons. The summed E-state index contributed by atoms with van der Waals surface area (Å²) in [5.74, 6) is 0.00604. The summed E-state index contributed by atoms with van der Waals surface area (Å²) in [5.41, 5.74) is 0. The van der Waals surface area contributed by atoms with E-state index in [0.29, 0.717) is 25.9 Å². The van der Waals surface area contributed by atoms with E-state index in [-0.39, 0.29) is 18.5 Å². The average Bonchev–Trinajstić information content (AvgIpc) is 3.64. The number of rotatable bonds is 85. The molecule has 0 aliphatic rings. The Bertz CT molecular complexity index is 1390. The van der Waals surface area contributed by atoms with Crippen LogP contribution in [0, 0.1) is 0 Å². The van der Waals surface area contributed by atoms with Crippen molar-refractivity contribution >= 4 is 11.9 Å². The van der Waals surface area contributed by atoms with Crippen molar-refractivity contribution in [2.75, 3.05) is 13.2 Å². The van der Waals surface area contributed by atoms with Crippen molar-refractivity contribution in [2.24, 2.45) is 0 Å². The zero-order valence-corrected chi connectivity index (χ0v) is 64.8. The molecule has 0 saturated heterocycles. The monoisotopic (exact) mass is 1330 g/mol. The molecule has 2 atom stereocenters. The van der Waals surface area contributed by atoms with Crippen molar-refractivity contribution in [2.45, 2.75) is 540 Å². The molecule has 0 rings (SSSR count). The lowest BCUT2D eigenvalue weighted by atomic mass is 10.0. The van der Waals surface area contributed by atoms with E-state index < -0.39 is 12.1 Å². The summed E-state index contributed by atoms with van der Waals surface area (Å²) in [6, 6.07) is -0.538. The maximum atomic E-state index is 12.6. The van der Waals surface area contributed by atoms with Crippen LogP contribution >= 0.6 is 0 Å². The van der Waals surface area contributed by atoms with E-state index in [2.05, 4.69) is 19.2 Å². The van der Waals surface area contributed by atoms with Crippen molar-refractivity contribution in [3.8, 4) is 0 Å². The van der Waals surface area contributed by atoms with Crippen LogP contribution in [0.25, 0.3) is 0 Å². The average molecular weight is 1330 g/mol. The van der Waals surface area contributed by atoms with Crippen molar-refractivity contribution in [1.29, 1.82) is 0 Å². The van der Waals surface area contributed by atoms with Gasteiger partial charge in [-0.05, 0) is 25.7 Å². The fourth-order valence-corrected chi connectivity index (χ4v) is 14.7. The van der Waals surface area contributed by atoms with Gasteiger partial charge in [0.1, 0.15) is 0 Å². The highest BCUT2D eigenvalue weighted by Crippen LogP contribution is 2.22. The van der Waals surface area contributed by atoms with Gasteiger partial charge >= 0.3 is 5.97 Å².